The van der Waals surface area contributed by atoms with Crippen LogP contribution in [0.4, 0.5) is 0 Å². The van der Waals surface area contributed by atoms with Crippen molar-refractivity contribution < 1.29 is 14.6 Å². The third-order valence-corrected chi connectivity index (χ3v) is 3.97. The quantitative estimate of drug-likeness (QED) is 0.868. The van der Waals surface area contributed by atoms with Crippen LogP contribution in [0.3, 0.4) is 0 Å². The molecule has 1 N–H and O–H groups in total. The highest BCUT2D eigenvalue weighted by Crippen LogP contribution is 2.31. The van der Waals surface area contributed by atoms with Gasteiger partial charge in [-0.15, -0.1) is 0 Å². The minimum atomic E-state index is -0.750. The van der Waals surface area contributed by atoms with E-state index in [4.69, 9.17) is 4.74 Å². The summed E-state index contributed by atoms with van der Waals surface area (Å²) in [6.07, 6.45) is 5.68. The molecule has 0 amide bonds. The second-order valence-electron chi connectivity index (χ2n) is 5.14. The van der Waals surface area contributed by atoms with Gasteiger partial charge in [-0.2, -0.15) is 0 Å². The Bertz CT molecular complexity index is 449. The molecule has 1 fully saturated rings. The van der Waals surface area contributed by atoms with Crippen molar-refractivity contribution in [2.75, 3.05) is 13.2 Å². The molecule has 0 radical (unpaired) electrons. The second-order valence-corrected chi connectivity index (χ2v) is 5.14. The van der Waals surface area contributed by atoms with Crippen molar-refractivity contribution in [1.29, 1.82) is 0 Å². The van der Waals surface area contributed by atoms with Crippen LogP contribution in [-0.2, 0) is 16.1 Å². The predicted octanol–water partition coefficient (Wildman–Crippen LogP) is 1.74. The summed E-state index contributed by atoms with van der Waals surface area (Å²) in [5.41, 5.74) is 1.06. The standard InChI is InChI=1S/C13H18N2O3/c16-13(17)10-2-1-5-15-8-11(14-12(10)15)9-3-6-18-7-4-9/h8-10H,1-7H2,(H,16,17). The zero-order valence-electron chi connectivity index (χ0n) is 10.3. The molecule has 2 aliphatic heterocycles. The van der Waals surface area contributed by atoms with Gasteiger partial charge in [-0.25, -0.2) is 4.98 Å². The molecular formula is C13H18N2O3. The normalized spacial score (nSPS) is 24.8. The molecule has 0 bridgehead atoms. The Morgan fingerprint density at radius 2 is 2.17 bits per heavy atom. The SMILES string of the molecule is O=C(O)C1CCCn2cc(C3CCOCC3)nc21. The van der Waals surface area contributed by atoms with Gasteiger partial charge in [0.25, 0.3) is 0 Å². The molecule has 1 aromatic heterocycles. The fourth-order valence-electron chi connectivity index (χ4n) is 2.93. The van der Waals surface area contributed by atoms with E-state index in [1.807, 2.05) is 4.57 Å². The van der Waals surface area contributed by atoms with Crippen molar-refractivity contribution in [1.82, 2.24) is 9.55 Å². The van der Waals surface area contributed by atoms with Crippen LogP contribution in [0.15, 0.2) is 6.20 Å². The monoisotopic (exact) mass is 250 g/mol. The summed E-state index contributed by atoms with van der Waals surface area (Å²) in [5.74, 6) is 0.00829. The summed E-state index contributed by atoms with van der Waals surface area (Å²) in [5, 5.41) is 9.23. The summed E-state index contributed by atoms with van der Waals surface area (Å²) >= 11 is 0. The van der Waals surface area contributed by atoms with Crippen LogP contribution in [0.2, 0.25) is 0 Å². The Balaban J connectivity index is 1.88. The lowest BCUT2D eigenvalue weighted by Crippen LogP contribution is -2.22. The van der Waals surface area contributed by atoms with E-state index in [0.717, 1.165) is 50.5 Å². The number of ether oxygens (including phenoxy) is 1. The third kappa shape index (κ3) is 2.03. The first-order valence-electron chi connectivity index (χ1n) is 6.63. The summed E-state index contributed by atoms with van der Waals surface area (Å²) < 4.78 is 7.39. The van der Waals surface area contributed by atoms with Crippen molar-refractivity contribution in [2.45, 2.75) is 44.1 Å². The number of carbonyl (C=O) groups is 1. The minimum Gasteiger partial charge on any atom is -0.481 e. The molecule has 0 aromatic carbocycles. The van der Waals surface area contributed by atoms with Gasteiger partial charge in [-0.1, -0.05) is 0 Å². The highest BCUT2D eigenvalue weighted by molar-refractivity contribution is 5.75. The van der Waals surface area contributed by atoms with Crippen molar-refractivity contribution in [3.8, 4) is 0 Å². The van der Waals surface area contributed by atoms with E-state index in [1.54, 1.807) is 0 Å². The van der Waals surface area contributed by atoms with Crippen molar-refractivity contribution in [2.24, 2.45) is 0 Å². The van der Waals surface area contributed by atoms with Gasteiger partial charge in [0, 0.05) is 31.9 Å². The molecule has 5 nitrogen and oxygen atoms in total. The number of fused-ring (bicyclic) bond motifs is 1. The van der Waals surface area contributed by atoms with E-state index in [9.17, 15) is 9.90 Å². The average Bonchev–Trinajstić information content (AvgIpc) is 2.83. The molecule has 0 spiro atoms. The number of nitrogens with zero attached hydrogens (tertiary/aromatic N) is 2. The van der Waals surface area contributed by atoms with Gasteiger partial charge >= 0.3 is 5.97 Å². The van der Waals surface area contributed by atoms with Gasteiger partial charge in [-0.3, -0.25) is 4.79 Å². The van der Waals surface area contributed by atoms with Gasteiger partial charge in [0.15, 0.2) is 0 Å². The van der Waals surface area contributed by atoms with Crippen LogP contribution in [0, 0.1) is 0 Å². The second kappa shape index (κ2) is 4.72. The van der Waals surface area contributed by atoms with Crippen LogP contribution < -0.4 is 0 Å². The number of carboxylic acids is 1. The smallest absolute Gasteiger partial charge is 0.314 e. The van der Waals surface area contributed by atoms with Crippen LogP contribution >= 0.6 is 0 Å². The first kappa shape index (κ1) is 11.7. The van der Waals surface area contributed by atoms with E-state index >= 15 is 0 Å². The van der Waals surface area contributed by atoms with Crippen molar-refractivity contribution in [3.63, 3.8) is 0 Å². The number of hydrogen-bond acceptors (Lipinski definition) is 3. The topological polar surface area (TPSA) is 64.3 Å². The van der Waals surface area contributed by atoms with Crippen LogP contribution in [0.5, 0.6) is 0 Å². The summed E-state index contributed by atoms with van der Waals surface area (Å²) in [6, 6.07) is 0. The molecule has 5 heteroatoms. The Morgan fingerprint density at radius 3 is 2.89 bits per heavy atom. The molecule has 98 valence electrons. The maximum absolute atomic E-state index is 11.2. The average molecular weight is 250 g/mol. The Morgan fingerprint density at radius 1 is 1.39 bits per heavy atom. The molecule has 0 saturated carbocycles. The number of aliphatic carboxylic acids is 1. The summed E-state index contributed by atoms with van der Waals surface area (Å²) in [6.45, 7) is 2.47. The van der Waals surface area contributed by atoms with Crippen molar-refractivity contribution in [3.05, 3.63) is 17.7 Å². The zero-order chi connectivity index (χ0) is 12.5. The molecule has 0 aliphatic carbocycles. The predicted molar refractivity (Wildman–Crippen MR) is 64.6 cm³/mol. The fraction of sp³-hybridized carbons (Fsp3) is 0.692. The highest BCUT2D eigenvalue weighted by atomic mass is 16.5. The number of aryl methyl sites for hydroxylation is 1. The Labute approximate surface area is 106 Å². The van der Waals surface area contributed by atoms with Crippen LogP contribution in [-0.4, -0.2) is 33.8 Å². The largest absolute Gasteiger partial charge is 0.481 e. The molecular weight excluding hydrogens is 232 g/mol. The van der Waals surface area contributed by atoms with E-state index in [-0.39, 0.29) is 0 Å². The molecule has 3 heterocycles. The number of rotatable bonds is 2. The van der Waals surface area contributed by atoms with E-state index in [1.165, 1.54) is 0 Å². The number of hydrogen-bond donors (Lipinski definition) is 1. The van der Waals surface area contributed by atoms with Gasteiger partial charge in [0.05, 0.1) is 5.69 Å². The highest BCUT2D eigenvalue weighted by Gasteiger charge is 2.30. The third-order valence-electron chi connectivity index (χ3n) is 3.97. The fourth-order valence-corrected chi connectivity index (χ4v) is 2.93. The summed E-state index contributed by atoms with van der Waals surface area (Å²) in [4.78, 5) is 15.8. The van der Waals surface area contributed by atoms with E-state index < -0.39 is 11.9 Å². The number of carboxylic acid groups (broad SMARTS) is 1. The zero-order valence-corrected chi connectivity index (χ0v) is 10.3. The Kier molecular flexibility index (Phi) is 3.07. The van der Waals surface area contributed by atoms with E-state index in [0.29, 0.717) is 12.3 Å². The lowest BCUT2D eigenvalue weighted by molar-refractivity contribution is -0.139. The number of imidazole rings is 1. The van der Waals surface area contributed by atoms with Gasteiger partial charge < -0.3 is 14.4 Å². The first-order chi connectivity index (χ1) is 8.75. The van der Waals surface area contributed by atoms with Crippen LogP contribution in [0.1, 0.15) is 49.0 Å². The maximum atomic E-state index is 11.2. The molecule has 1 saturated heterocycles. The summed E-state index contributed by atoms with van der Waals surface area (Å²) in [7, 11) is 0. The van der Waals surface area contributed by atoms with Gasteiger partial charge in [-0.05, 0) is 25.7 Å². The molecule has 1 atom stereocenters. The van der Waals surface area contributed by atoms with Gasteiger partial charge in [0.1, 0.15) is 11.7 Å². The van der Waals surface area contributed by atoms with E-state index in [2.05, 4.69) is 11.2 Å². The number of aromatic nitrogens is 2. The van der Waals surface area contributed by atoms with Crippen molar-refractivity contribution >= 4 is 5.97 Å². The maximum Gasteiger partial charge on any atom is 0.314 e. The first-order valence-corrected chi connectivity index (χ1v) is 6.63. The Hall–Kier alpha value is -1.36. The van der Waals surface area contributed by atoms with Gasteiger partial charge in [0.2, 0.25) is 0 Å². The van der Waals surface area contributed by atoms with Crippen LogP contribution in [0.25, 0.3) is 0 Å². The molecule has 2 aliphatic rings. The molecule has 1 aromatic rings. The molecule has 3 rings (SSSR count). The molecule has 18 heavy (non-hydrogen) atoms. The lowest BCUT2D eigenvalue weighted by atomic mass is 9.97. The lowest BCUT2D eigenvalue weighted by Gasteiger charge is -2.20. The minimum absolute atomic E-state index is 0.424. The molecule has 1 unspecified atom stereocenters.